The van der Waals surface area contributed by atoms with E-state index in [1.807, 2.05) is 38.2 Å². The molecule has 3 rings (SSSR count). The van der Waals surface area contributed by atoms with E-state index in [9.17, 15) is 4.79 Å². The van der Waals surface area contributed by atoms with Gasteiger partial charge in [-0.25, -0.2) is 0 Å². The van der Waals surface area contributed by atoms with E-state index in [-0.39, 0.29) is 5.91 Å². The van der Waals surface area contributed by atoms with E-state index in [0.717, 1.165) is 27.8 Å². The van der Waals surface area contributed by atoms with Gasteiger partial charge in [-0.1, -0.05) is 35.9 Å². The van der Waals surface area contributed by atoms with E-state index in [1.54, 1.807) is 12.1 Å². The Morgan fingerprint density at radius 3 is 2.73 bits per heavy atom. The van der Waals surface area contributed by atoms with Crippen molar-refractivity contribution in [2.45, 2.75) is 13.3 Å². The first-order valence-corrected chi connectivity index (χ1v) is 7.52. The van der Waals surface area contributed by atoms with Crippen molar-refractivity contribution in [1.82, 2.24) is 4.57 Å². The first-order valence-electron chi connectivity index (χ1n) is 7.14. The Kier molecular flexibility index (Phi) is 3.90. The van der Waals surface area contributed by atoms with E-state index in [2.05, 4.69) is 22.0 Å². The molecule has 0 unspecified atom stereocenters. The number of benzene rings is 2. The zero-order valence-corrected chi connectivity index (χ0v) is 13.3. The van der Waals surface area contributed by atoms with Crippen LogP contribution < -0.4 is 5.32 Å². The van der Waals surface area contributed by atoms with Crippen molar-refractivity contribution >= 4 is 34.1 Å². The second-order valence-corrected chi connectivity index (χ2v) is 5.81. The number of hydrogen-bond acceptors (Lipinski definition) is 1. The number of aryl methyl sites for hydroxylation is 1. The van der Waals surface area contributed by atoms with E-state index >= 15 is 0 Å². The summed E-state index contributed by atoms with van der Waals surface area (Å²) in [5.74, 6) is -0.0401. The number of halogens is 1. The van der Waals surface area contributed by atoms with Crippen LogP contribution in [0.3, 0.4) is 0 Å². The number of aromatic nitrogens is 1. The van der Waals surface area contributed by atoms with Crippen molar-refractivity contribution in [3.05, 3.63) is 64.8 Å². The summed E-state index contributed by atoms with van der Waals surface area (Å²) in [5.41, 5.74) is 4.04. The molecule has 3 aromatic rings. The van der Waals surface area contributed by atoms with Gasteiger partial charge in [0.25, 0.3) is 0 Å². The number of fused-ring (bicyclic) bond motifs is 1. The topological polar surface area (TPSA) is 34.0 Å². The number of amides is 1. The summed E-state index contributed by atoms with van der Waals surface area (Å²) in [6.07, 6.45) is 0.347. The lowest BCUT2D eigenvalue weighted by atomic mass is 10.1. The summed E-state index contributed by atoms with van der Waals surface area (Å²) in [6.45, 7) is 2.04. The van der Waals surface area contributed by atoms with Crippen LogP contribution in [0.1, 0.15) is 11.3 Å². The van der Waals surface area contributed by atoms with Gasteiger partial charge in [-0.15, -0.1) is 0 Å². The Labute approximate surface area is 134 Å². The second kappa shape index (κ2) is 5.85. The summed E-state index contributed by atoms with van der Waals surface area (Å²) < 4.78 is 2.12. The monoisotopic (exact) mass is 312 g/mol. The SMILES string of the molecule is Cc1c(CC(=O)Nc2cccc(Cl)c2)c2ccccc2n1C. The zero-order chi connectivity index (χ0) is 15.7. The molecule has 0 radical (unpaired) electrons. The van der Waals surface area contributed by atoms with Crippen LogP contribution in [-0.4, -0.2) is 10.5 Å². The number of nitrogens with one attached hydrogen (secondary N) is 1. The first kappa shape index (κ1) is 14.7. The highest BCUT2D eigenvalue weighted by molar-refractivity contribution is 6.30. The van der Waals surface area contributed by atoms with Crippen LogP contribution in [0.15, 0.2) is 48.5 Å². The van der Waals surface area contributed by atoms with E-state index in [4.69, 9.17) is 11.6 Å². The van der Waals surface area contributed by atoms with Gasteiger partial charge in [0.05, 0.1) is 6.42 Å². The normalized spacial score (nSPS) is 10.9. The predicted octanol–water partition coefficient (Wildman–Crippen LogP) is 4.32. The minimum absolute atomic E-state index is 0.0401. The summed E-state index contributed by atoms with van der Waals surface area (Å²) in [6, 6.07) is 15.3. The minimum atomic E-state index is -0.0401. The van der Waals surface area contributed by atoms with Gasteiger partial charge < -0.3 is 9.88 Å². The fourth-order valence-electron chi connectivity index (χ4n) is 2.75. The van der Waals surface area contributed by atoms with Crippen LogP contribution in [0.5, 0.6) is 0 Å². The summed E-state index contributed by atoms with van der Waals surface area (Å²) in [5, 5.41) is 4.64. The van der Waals surface area contributed by atoms with Crippen molar-refractivity contribution < 1.29 is 4.79 Å². The molecule has 3 nitrogen and oxygen atoms in total. The Bertz CT molecular complexity index is 851. The van der Waals surface area contributed by atoms with Crippen molar-refractivity contribution in [1.29, 1.82) is 0 Å². The molecule has 0 aliphatic heterocycles. The average molecular weight is 313 g/mol. The van der Waals surface area contributed by atoms with Gasteiger partial charge in [-0.3, -0.25) is 4.79 Å². The largest absolute Gasteiger partial charge is 0.348 e. The quantitative estimate of drug-likeness (QED) is 0.767. The molecule has 0 spiro atoms. The van der Waals surface area contributed by atoms with Gasteiger partial charge in [0.15, 0.2) is 0 Å². The molecular formula is C18H17ClN2O. The number of anilines is 1. The van der Waals surface area contributed by atoms with Crippen LogP contribution in [0.4, 0.5) is 5.69 Å². The maximum absolute atomic E-state index is 12.3. The zero-order valence-electron chi connectivity index (χ0n) is 12.6. The van der Waals surface area contributed by atoms with Gasteiger partial charge in [0, 0.05) is 34.4 Å². The Balaban J connectivity index is 1.87. The maximum Gasteiger partial charge on any atom is 0.228 e. The highest BCUT2D eigenvalue weighted by Gasteiger charge is 2.14. The van der Waals surface area contributed by atoms with Gasteiger partial charge >= 0.3 is 0 Å². The molecule has 1 N–H and O–H groups in total. The van der Waals surface area contributed by atoms with Crippen LogP contribution in [0, 0.1) is 6.92 Å². The molecule has 0 saturated heterocycles. The molecule has 2 aromatic carbocycles. The van der Waals surface area contributed by atoms with E-state index < -0.39 is 0 Å². The Hall–Kier alpha value is -2.26. The van der Waals surface area contributed by atoms with Crippen LogP contribution in [0.25, 0.3) is 10.9 Å². The molecule has 22 heavy (non-hydrogen) atoms. The van der Waals surface area contributed by atoms with E-state index in [0.29, 0.717) is 11.4 Å². The highest BCUT2D eigenvalue weighted by atomic mass is 35.5. The second-order valence-electron chi connectivity index (χ2n) is 5.38. The molecule has 112 valence electrons. The summed E-state index contributed by atoms with van der Waals surface area (Å²) in [4.78, 5) is 12.3. The Morgan fingerprint density at radius 2 is 1.95 bits per heavy atom. The number of carbonyl (C=O) groups is 1. The third-order valence-corrected chi connectivity index (χ3v) is 4.21. The lowest BCUT2D eigenvalue weighted by Gasteiger charge is -2.06. The van der Waals surface area contributed by atoms with Crippen LogP contribution >= 0.6 is 11.6 Å². The third kappa shape index (κ3) is 2.72. The van der Waals surface area contributed by atoms with Crippen LogP contribution in [0.2, 0.25) is 5.02 Å². The van der Waals surface area contributed by atoms with Gasteiger partial charge in [-0.2, -0.15) is 0 Å². The van der Waals surface area contributed by atoms with Crippen molar-refractivity contribution in [3.8, 4) is 0 Å². The highest BCUT2D eigenvalue weighted by Crippen LogP contribution is 2.25. The molecule has 0 fully saturated rings. The molecular weight excluding hydrogens is 296 g/mol. The average Bonchev–Trinajstić information content (AvgIpc) is 2.73. The van der Waals surface area contributed by atoms with Crippen molar-refractivity contribution in [2.24, 2.45) is 7.05 Å². The fraction of sp³-hybridized carbons (Fsp3) is 0.167. The maximum atomic E-state index is 12.3. The molecule has 4 heteroatoms. The van der Waals surface area contributed by atoms with Gasteiger partial charge in [-0.05, 0) is 36.8 Å². The minimum Gasteiger partial charge on any atom is -0.348 e. The molecule has 1 amide bonds. The molecule has 0 aliphatic carbocycles. The number of carbonyl (C=O) groups excluding carboxylic acids is 1. The molecule has 1 aromatic heterocycles. The number of rotatable bonds is 3. The Morgan fingerprint density at radius 1 is 1.18 bits per heavy atom. The third-order valence-electron chi connectivity index (χ3n) is 3.98. The fourth-order valence-corrected chi connectivity index (χ4v) is 2.94. The summed E-state index contributed by atoms with van der Waals surface area (Å²) in [7, 11) is 2.02. The van der Waals surface area contributed by atoms with Crippen LogP contribution in [-0.2, 0) is 18.3 Å². The molecule has 0 atom stereocenters. The molecule has 0 bridgehead atoms. The smallest absolute Gasteiger partial charge is 0.228 e. The number of hydrogen-bond donors (Lipinski definition) is 1. The standard InChI is InChI=1S/C18H17ClN2O/c1-12-16(15-8-3-4-9-17(15)21(12)2)11-18(22)20-14-7-5-6-13(19)10-14/h3-10H,11H2,1-2H3,(H,20,22). The number of para-hydroxylation sites is 1. The van der Waals surface area contributed by atoms with E-state index in [1.165, 1.54) is 0 Å². The van der Waals surface area contributed by atoms with Gasteiger partial charge in [0.1, 0.15) is 0 Å². The lowest BCUT2D eigenvalue weighted by Crippen LogP contribution is -2.14. The molecule has 0 saturated carbocycles. The summed E-state index contributed by atoms with van der Waals surface area (Å²) >= 11 is 5.94. The van der Waals surface area contributed by atoms with Gasteiger partial charge in [0.2, 0.25) is 5.91 Å². The van der Waals surface area contributed by atoms with Crippen molar-refractivity contribution in [3.63, 3.8) is 0 Å². The first-order chi connectivity index (χ1) is 10.6. The lowest BCUT2D eigenvalue weighted by molar-refractivity contribution is -0.115. The molecule has 0 aliphatic rings. The predicted molar refractivity (Wildman–Crippen MR) is 91.4 cm³/mol. The van der Waals surface area contributed by atoms with Crippen molar-refractivity contribution in [2.75, 3.05) is 5.32 Å². The number of nitrogens with zero attached hydrogens (tertiary/aromatic N) is 1. The molecule has 1 heterocycles.